The Morgan fingerprint density at radius 1 is 0.312 bits per heavy atom. The van der Waals surface area contributed by atoms with Gasteiger partial charge in [-0.05, 0) is 45.5 Å². The van der Waals surface area contributed by atoms with E-state index in [1.165, 1.54) is 48.0 Å². The van der Waals surface area contributed by atoms with Crippen LogP contribution in [0.15, 0.2) is 194 Å². The lowest BCUT2D eigenvalue weighted by molar-refractivity contribution is 0.661. The third-order valence-electron chi connectivity index (χ3n) is 12.4. The molecule has 0 N–H and O–H groups in total. The first-order valence-electron chi connectivity index (χ1n) is 21.4. The normalized spacial score (nSPS) is 12.7. The van der Waals surface area contributed by atoms with E-state index in [0.717, 1.165) is 38.9 Å². The number of rotatable bonds is 7. The lowest BCUT2D eigenvalue weighted by Crippen LogP contribution is -2.14. The molecule has 6 nitrogen and oxygen atoms in total. The van der Waals surface area contributed by atoms with E-state index in [2.05, 4.69) is 92.7 Å². The molecule has 1 aliphatic rings. The topological polar surface area (TPSA) is 77.3 Å². The van der Waals surface area contributed by atoms with E-state index >= 15 is 0 Å². The first-order chi connectivity index (χ1) is 31.5. The molecule has 3 aromatic heterocycles. The predicted octanol–water partition coefficient (Wildman–Crippen LogP) is 14.4. The quantitative estimate of drug-likeness (QED) is 0.159. The number of fused-ring (bicyclic) bond motifs is 6. The monoisotopic (exact) mass is 838 g/mol. The summed E-state index contributed by atoms with van der Waals surface area (Å²) in [6, 6.07) is 67.2. The van der Waals surface area contributed by atoms with Crippen LogP contribution in [-0.4, -0.2) is 29.9 Å². The fourth-order valence-corrected chi connectivity index (χ4v) is 10.4. The van der Waals surface area contributed by atoms with Crippen molar-refractivity contribution in [2.45, 2.75) is 19.3 Å². The zero-order chi connectivity index (χ0) is 42.8. The molecule has 0 amide bonds. The SMILES string of the molecule is CC1(C)c2ccccc2-c2cc3c(cc21)sc1c(-c2ccc(-c4nc(-c5ccccc5)nc(-c5ccccc5-c5nc(-c6ccccc6)nc(-c6ccccc6)n5)n4)cc2)cccc13. The number of benzene rings is 8. The Bertz CT molecular complexity index is 3510. The van der Waals surface area contributed by atoms with E-state index in [0.29, 0.717) is 34.9 Å². The number of nitrogens with zero attached hydrogens (tertiary/aromatic N) is 6. The molecule has 0 saturated carbocycles. The molecule has 12 rings (SSSR count). The molecule has 0 radical (unpaired) electrons. The van der Waals surface area contributed by atoms with Crippen molar-refractivity contribution in [1.82, 2.24) is 29.9 Å². The molecule has 11 aromatic rings. The highest BCUT2D eigenvalue weighted by atomic mass is 32.1. The van der Waals surface area contributed by atoms with Crippen LogP contribution in [0.1, 0.15) is 25.0 Å². The second kappa shape index (κ2) is 15.1. The lowest BCUT2D eigenvalue weighted by atomic mass is 9.82. The second-order valence-corrected chi connectivity index (χ2v) is 17.7. The molecule has 0 unspecified atom stereocenters. The van der Waals surface area contributed by atoms with Gasteiger partial charge in [-0.1, -0.05) is 196 Å². The molecule has 0 aliphatic heterocycles. The van der Waals surface area contributed by atoms with Crippen molar-refractivity contribution < 1.29 is 0 Å². The first kappa shape index (κ1) is 37.7. The van der Waals surface area contributed by atoms with E-state index in [1.54, 1.807) is 0 Å². The summed E-state index contributed by atoms with van der Waals surface area (Å²) in [4.78, 5) is 30.4. The Labute approximate surface area is 374 Å². The fourth-order valence-electron chi connectivity index (χ4n) is 9.16. The largest absolute Gasteiger partial charge is 0.208 e. The Hall–Kier alpha value is -8.00. The summed E-state index contributed by atoms with van der Waals surface area (Å²) in [6.45, 7) is 4.69. The van der Waals surface area contributed by atoms with Crippen LogP contribution in [0.5, 0.6) is 0 Å². The summed E-state index contributed by atoms with van der Waals surface area (Å²) in [5, 5.41) is 2.59. The van der Waals surface area contributed by atoms with Gasteiger partial charge in [-0.25, -0.2) is 29.9 Å². The number of hydrogen-bond donors (Lipinski definition) is 0. The summed E-state index contributed by atoms with van der Waals surface area (Å²) >= 11 is 1.88. The molecule has 302 valence electrons. The molecule has 0 spiro atoms. The highest BCUT2D eigenvalue weighted by molar-refractivity contribution is 7.26. The van der Waals surface area contributed by atoms with Gasteiger partial charge < -0.3 is 0 Å². The summed E-state index contributed by atoms with van der Waals surface area (Å²) in [6.07, 6.45) is 0. The van der Waals surface area contributed by atoms with E-state index in [-0.39, 0.29) is 5.41 Å². The van der Waals surface area contributed by atoms with Crippen LogP contribution in [0.3, 0.4) is 0 Å². The summed E-state index contributed by atoms with van der Waals surface area (Å²) in [5.41, 5.74) is 13.0. The number of thiophene rings is 1. The fraction of sp³-hybridized carbons (Fsp3) is 0.0526. The zero-order valence-electron chi connectivity index (χ0n) is 35.1. The van der Waals surface area contributed by atoms with Crippen molar-refractivity contribution in [3.05, 3.63) is 205 Å². The van der Waals surface area contributed by atoms with Crippen LogP contribution < -0.4 is 0 Å². The van der Waals surface area contributed by atoms with Gasteiger partial charge in [0, 0.05) is 59.0 Å². The van der Waals surface area contributed by atoms with Gasteiger partial charge in [-0.2, -0.15) is 0 Å². The maximum absolute atomic E-state index is 5.19. The molecule has 8 aromatic carbocycles. The predicted molar refractivity (Wildman–Crippen MR) is 262 cm³/mol. The molecule has 0 atom stereocenters. The molecule has 0 fully saturated rings. The minimum absolute atomic E-state index is 0.0447. The van der Waals surface area contributed by atoms with E-state index in [4.69, 9.17) is 29.9 Å². The summed E-state index contributed by atoms with van der Waals surface area (Å²) < 4.78 is 2.60. The van der Waals surface area contributed by atoms with Crippen molar-refractivity contribution in [2.75, 3.05) is 0 Å². The highest BCUT2D eigenvalue weighted by Gasteiger charge is 2.35. The van der Waals surface area contributed by atoms with Gasteiger partial charge in [-0.15, -0.1) is 11.3 Å². The molecular formula is C57H38N6S. The van der Waals surface area contributed by atoms with Crippen molar-refractivity contribution >= 4 is 31.5 Å². The van der Waals surface area contributed by atoms with Crippen LogP contribution in [0.2, 0.25) is 0 Å². The first-order valence-corrected chi connectivity index (χ1v) is 22.3. The maximum atomic E-state index is 5.19. The van der Waals surface area contributed by atoms with Gasteiger partial charge in [0.1, 0.15) is 0 Å². The molecule has 3 heterocycles. The van der Waals surface area contributed by atoms with E-state index in [9.17, 15) is 0 Å². The summed E-state index contributed by atoms with van der Waals surface area (Å²) in [7, 11) is 0. The van der Waals surface area contributed by atoms with Crippen molar-refractivity contribution in [3.63, 3.8) is 0 Å². The lowest BCUT2D eigenvalue weighted by Gasteiger charge is -2.21. The maximum Gasteiger partial charge on any atom is 0.164 e. The number of aromatic nitrogens is 6. The highest BCUT2D eigenvalue weighted by Crippen LogP contribution is 2.52. The molecule has 64 heavy (non-hydrogen) atoms. The van der Waals surface area contributed by atoms with Crippen molar-refractivity contribution in [2.24, 2.45) is 0 Å². The standard InChI is InChI=1S/C57H38N6S/c1-57(2)47-28-15-14-23-41(47)45-33-46-42-27-16-26-40(50(42)64-49(46)34-48(45)57)35-29-31-39(32-30-35)54-59-53(38-21-10-5-11-22-38)62-56(63-54)44-25-13-12-24-43(44)55-60-51(36-17-6-3-7-18-36)58-52(61-55)37-19-8-4-9-20-37/h3-34H,1-2H3. The smallest absolute Gasteiger partial charge is 0.164 e. The Kier molecular flexibility index (Phi) is 8.91. The molecule has 1 aliphatic carbocycles. The average molecular weight is 839 g/mol. The number of hydrogen-bond acceptors (Lipinski definition) is 7. The third-order valence-corrected chi connectivity index (χ3v) is 13.6. The molecule has 0 saturated heterocycles. The van der Waals surface area contributed by atoms with Gasteiger partial charge >= 0.3 is 0 Å². The van der Waals surface area contributed by atoms with Gasteiger partial charge in [-0.3, -0.25) is 0 Å². The molecular weight excluding hydrogens is 801 g/mol. The van der Waals surface area contributed by atoms with Crippen LogP contribution in [0, 0.1) is 0 Å². The second-order valence-electron chi connectivity index (χ2n) is 16.7. The van der Waals surface area contributed by atoms with E-state index < -0.39 is 0 Å². The van der Waals surface area contributed by atoms with Gasteiger partial charge in [0.05, 0.1) is 0 Å². The van der Waals surface area contributed by atoms with Gasteiger partial charge in [0.15, 0.2) is 34.9 Å². The minimum atomic E-state index is -0.0447. The van der Waals surface area contributed by atoms with Gasteiger partial charge in [0.25, 0.3) is 0 Å². The van der Waals surface area contributed by atoms with E-state index in [1.807, 2.05) is 127 Å². The van der Waals surface area contributed by atoms with Gasteiger partial charge in [0.2, 0.25) is 0 Å². The van der Waals surface area contributed by atoms with Crippen LogP contribution in [0.25, 0.3) is 111 Å². The van der Waals surface area contributed by atoms with Crippen LogP contribution in [0.4, 0.5) is 0 Å². The Balaban J connectivity index is 0.962. The minimum Gasteiger partial charge on any atom is -0.208 e. The molecule has 7 heteroatoms. The molecule has 0 bridgehead atoms. The van der Waals surface area contributed by atoms with Crippen molar-refractivity contribution in [1.29, 1.82) is 0 Å². The summed E-state index contributed by atoms with van der Waals surface area (Å²) in [5.74, 6) is 3.39. The Morgan fingerprint density at radius 2 is 0.734 bits per heavy atom. The zero-order valence-corrected chi connectivity index (χ0v) is 35.9. The van der Waals surface area contributed by atoms with Crippen LogP contribution in [-0.2, 0) is 5.41 Å². The average Bonchev–Trinajstić information content (AvgIpc) is 3.84. The van der Waals surface area contributed by atoms with Crippen molar-refractivity contribution in [3.8, 4) is 90.6 Å². The van der Waals surface area contributed by atoms with Crippen LogP contribution >= 0.6 is 11.3 Å². The Morgan fingerprint density at radius 3 is 1.27 bits per heavy atom. The third kappa shape index (κ3) is 6.40.